The van der Waals surface area contributed by atoms with Crippen LogP contribution in [0.3, 0.4) is 0 Å². The molecule has 0 heterocycles. The van der Waals surface area contributed by atoms with Gasteiger partial charge in [0.15, 0.2) is 0 Å². The highest BCUT2D eigenvalue weighted by molar-refractivity contribution is 5.54. The van der Waals surface area contributed by atoms with Crippen LogP contribution in [0.25, 0.3) is 0 Å². The smallest absolute Gasteiger partial charge is 0.382 e. The topological polar surface area (TPSA) is 38.0 Å². The zero-order valence-electron chi connectivity index (χ0n) is 10.9. The van der Waals surface area contributed by atoms with E-state index in [-0.39, 0.29) is 12.1 Å². The molecule has 1 aromatic rings. The Hall–Kier alpha value is -1.23. The van der Waals surface area contributed by atoms with E-state index in [1.54, 1.807) is 0 Å². The summed E-state index contributed by atoms with van der Waals surface area (Å²) >= 11 is 0. The average Bonchev–Trinajstić information content (AvgIpc) is 2.30. The summed E-state index contributed by atoms with van der Waals surface area (Å²) in [6.45, 7) is 1.81. The predicted molar refractivity (Wildman–Crippen MR) is 70.0 cm³/mol. The molecule has 1 aliphatic rings. The van der Waals surface area contributed by atoms with Gasteiger partial charge >= 0.3 is 6.18 Å². The van der Waals surface area contributed by atoms with E-state index in [2.05, 4.69) is 5.32 Å². The SMILES string of the molecule is Cc1ccc(C(F)(F)F)cc1NC1CCCC(N)C1. The molecular formula is C14H19F3N2. The molecule has 0 aromatic heterocycles. The molecule has 2 atom stereocenters. The summed E-state index contributed by atoms with van der Waals surface area (Å²) in [6, 6.07) is 4.14. The van der Waals surface area contributed by atoms with Crippen molar-refractivity contribution in [3.8, 4) is 0 Å². The lowest BCUT2D eigenvalue weighted by molar-refractivity contribution is -0.137. The van der Waals surface area contributed by atoms with Gasteiger partial charge in [0.2, 0.25) is 0 Å². The number of rotatable bonds is 2. The molecule has 0 radical (unpaired) electrons. The maximum atomic E-state index is 12.7. The highest BCUT2D eigenvalue weighted by atomic mass is 19.4. The minimum absolute atomic E-state index is 0.150. The van der Waals surface area contributed by atoms with E-state index in [4.69, 9.17) is 5.73 Å². The van der Waals surface area contributed by atoms with Gasteiger partial charge in [0.05, 0.1) is 5.56 Å². The van der Waals surface area contributed by atoms with Crippen LogP contribution >= 0.6 is 0 Å². The van der Waals surface area contributed by atoms with Gasteiger partial charge in [-0.1, -0.05) is 6.07 Å². The molecule has 2 rings (SSSR count). The van der Waals surface area contributed by atoms with Gasteiger partial charge in [0.1, 0.15) is 0 Å². The van der Waals surface area contributed by atoms with E-state index in [9.17, 15) is 13.2 Å². The van der Waals surface area contributed by atoms with Crippen LogP contribution in [0, 0.1) is 6.92 Å². The predicted octanol–water partition coefficient (Wildman–Crippen LogP) is 3.70. The molecule has 2 nitrogen and oxygen atoms in total. The van der Waals surface area contributed by atoms with Crippen LogP contribution < -0.4 is 11.1 Å². The van der Waals surface area contributed by atoms with Crippen LogP contribution in [-0.2, 0) is 6.18 Å². The van der Waals surface area contributed by atoms with Crippen LogP contribution in [0.2, 0.25) is 0 Å². The lowest BCUT2D eigenvalue weighted by Crippen LogP contribution is -2.35. The Morgan fingerprint density at radius 3 is 2.63 bits per heavy atom. The van der Waals surface area contributed by atoms with Crippen molar-refractivity contribution in [2.45, 2.75) is 50.9 Å². The standard InChI is InChI=1S/C14H19F3N2/c1-9-5-6-10(14(15,16)17)7-13(9)19-12-4-2-3-11(18)8-12/h5-7,11-12,19H,2-4,8,18H2,1H3. The monoisotopic (exact) mass is 272 g/mol. The third-order valence-corrected chi connectivity index (χ3v) is 3.64. The van der Waals surface area contributed by atoms with Crippen molar-refractivity contribution in [1.29, 1.82) is 0 Å². The van der Waals surface area contributed by atoms with E-state index in [0.717, 1.165) is 37.3 Å². The second-order valence-electron chi connectivity index (χ2n) is 5.30. The first-order valence-corrected chi connectivity index (χ1v) is 6.56. The highest BCUT2D eigenvalue weighted by Crippen LogP contribution is 2.33. The molecule has 1 aromatic carbocycles. The maximum Gasteiger partial charge on any atom is 0.416 e. The van der Waals surface area contributed by atoms with Crippen LogP contribution in [0.4, 0.5) is 18.9 Å². The third-order valence-electron chi connectivity index (χ3n) is 3.64. The Kier molecular flexibility index (Phi) is 4.04. The molecule has 3 N–H and O–H groups in total. The van der Waals surface area contributed by atoms with Gasteiger partial charge in [0, 0.05) is 17.8 Å². The number of halogens is 3. The van der Waals surface area contributed by atoms with Gasteiger partial charge in [0.25, 0.3) is 0 Å². The van der Waals surface area contributed by atoms with Crippen molar-refractivity contribution in [2.24, 2.45) is 5.73 Å². The molecule has 0 bridgehead atoms. The fourth-order valence-corrected chi connectivity index (χ4v) is 2.53. The number of nitrogens with two attached hydrogens (primary N) is 1. The first kappa shape index (κ1) is 14.2. The first-order valence-electron chi connectivity index (χ1n) is 6.56. The third kappa shape index (κ3) is 3.62. The average molecular weight is 272 g/mol. The van der Waals surface area contributed by atoms with E-state index in [1.807, 2.05) is 6.92 Å². The highest BCUT2D eigenvalue weighted by Gasteiger charge is 2.31. The number of aryl methyl sites for hydroxylation is 1. The lowest BCUT2D eigenvalue weighted by Gasteiger charge is -2.29. The van der Waals surface area contributed by atoms with E-state index in [0.29, 0.717) is 5.69 Å². The molecule has 0 aliphatic heterocycles. The Morgan fingerprint density at radius 1 is 1.26 bits per heavy atom. The molecule has 5 heteroatoms. The summed E-state index contributed by atoms with van der Waals surface area (Å²) in [6.07, 6.45) is -0.497. The zero-order chi connectivity index (χ0) is 14.0. The second-order valence-corrected chi connectivity index (χ2v) is 5.30. The minimum Gasteiger partial charge on any atom is -0.382 e. The number of benzene rings is 1. The maximum absolute atomic E-state index is 12.7. The van der Waals surface area contributed by atoms with Crippen molar-refractivity contribution in [3.05, 3.63) is 29.3 Å². The van der Waals surface area contributed by atoms with Crippen LogP contribution in [0.1, 0.15) is 36.8 Å². The Labute approximate surface area is 111 Å². The number of anilines is 1. The van der Waals surface area contributed by atoms with E-state index >= 15 is 0 Å². The molecule has 19 heavy (non-hydrogen) atoms. The molecule has 2 unspecified atom stereocenters. The Balaban J connectivity index is 2.15. The molecular weight excluding hydrogens is 253 g/mol. The fraction of sp³-hybridized carbons (Fsp3) is 0.571. The van der Waals surface area contributed by atoms with Gasteiger partial charge in [-0.15, -0.1) is 0 Å². The normalized spacial score (nSPS) is 24.3. The molecule has 1 fully saturated rings. The molecule has 0 amide bonds. The van der Waals surface area contributed by atoms with Crippen molar-refractivity contribution >= 4 is 5.69 Å². The fourth-order valence-electron chi connectivity index (χ4n) is 2.53. The first-order chi connectivity index (χ1) is 8.86. The van der Waals surface area contributed by atoms with Crippen molar-refractivity contribution in [1.82, 2.24) is 0 Å². The number of alkyl halides is 3. The van der Waals surface area contributed by atoms with E-state index < -0.39 is 11.7 Å². The zero-order valence-corrected chi connectivity index (χ0v) is 10.9. The molecule has 1 aliphatic carbocycles. The van der Waals surface area contributed by atoms with Gasteiger partial charge in [-0.2, -0.15) is 13.2 Å². The summed E-state index contributed by atoms with van der Waals surface area (Å²) in [5, 5.41) is 3.21. The molecule has 0 spiro atoms. The lowest BCUT2D eigenvalue weighted by atomic mass is 9.91. The minimum atomic E-state index is -4.30. The number of hydrogen-bond acceptors (Lipinski definition) is 2. The number of nitrogens with one attached hydrogen (secondary N) is 1. The van der Waals surface area contributed by atoms with Crippen LogP contribution in [-0.4, -0.2) is 12.1 Å². The van der Waals surface area contributed by atoms with Gasteiger partial charge in [-0.3, -0.25) is 0 Å². The summed E-state index contributed by atoms with van der Waals surface area (Å²) in [7, 11) is 0. The van der Waals surface area contributed by atoms with Crippen molar-refractivity contribution < 1.29 is 13.2 Å². The quantitative estimate of drug-likeness (QED) is 0.861. The summed E-state index contributed by atoms with van der Waals surface area (Å²) in [5.41, 5.74) is 6.68. The molecule has 106 valence electrons. The van der Waals surface area contributed by atoms with Crippen LogP contribution in [0.5, 0.6) is 0 Å². The van der Waals surface area contributed by atoms with Gasteiger partial charge < -0.3 is 11.1 Å². The molecule has 1 saturated carbocycles. The number of hydrogen-bond donors (Lipinski definition) is 2. The van der Waals surface area contributed by atoms with Gasteiger partial charge in [-0.25, -0.2) is 0 Å². The van der Waals surface area contributed by atoms with E-state index in [1.165, 1.54) is 12.1 Å². The summed E-state index contributed by atoms with van der Waals surface area (Å²) < 4.78 is 38.1. The Morgan fingerprint density at radius 2 is 2.00 bits per heavy atom. The van der Waals surface area contributed by atoms with Crippen LogP contribution in [0.15, 0.2) is 18.2 Å². The largest absolute Gasteiger partial charge is 0.416 e. The Bertz CT molecular complexity index is 443. The van der Waals surface area contributed by atoms with Crippen molar-refractivity contribution in [3.63, 3.8) is 0 Å². The van der Waals surface area contributed by atoms with Gasteiger partial charge in [-0.05, 0) is 50.3 Å². The van der Waals surface area contributed by atoms with Crippen molar-refractivity contribution in [2.75, 3.05) is 5.32 Å². The summed E-state index contributed by atoms with van der Waals surface area (Å²) in [4.78, 5) is 0. The second kappa shape index (κ2) is 5.41. The summed E-state index contributed by atoms with van der Waals surface area (Å²) in [5.74, 6) is 0. The molecule has 0 saturated heterocycles.